The number of carboxylic acids is 1. The molecule has 1 aromatic carbocycles. The maximum Gasteiger partial charge on any atom is 0.316 e. The molecular formula is C11H9BrN2O3S. The van der Waals surface area contributed by atoms with Gasteiger partial charge in [-0.25, -0.2) is 0 Å². The van der Waals surface area contributed by atoms with E-state index >= 15 is 0 Å². The molecule has 2 rings (SSSR count). The van der Waals surface area contributed by atoms with Crippen LogP contribution in [0.3, 0.4) is 0 Å². The highest BCUT2D eigenvalue weighted by atomic mass is 79.9. The normalized spacial score (nSPS) is 12.3. The molecule has 0 bridgehead atoms. The van der Waals surface area contributed by atoms with Gasteiger partial charge in [-0.05, 0) is 31.2 Å². The highest BCUT2D eigenvalue weighted by molar-refractivity contribution is 9.10. The second-order valence-corrected chi connectivity index (χ2v) is 5.69. The zero-order valence-corrected chi connectivity index (χ0v) is 11.7. The summed E-state index contributed by atoms with van der Waals surface area (Å²) in [5.74, 6) is -0.536. The lowest BCUT2D eigenvalue weighted by Gasteiger charge is -1.99. The Morgan fingerprint density at radius 3 is 2.67 bits per heavy atom. The average Bonchev–Trinajstić information content (AvgIpc) is 2.78. The van der Waals surface area contributed by atoms with Crippen molar-refractivity contribution in [3.05, 3.63) is 28.7 Å². The molecule has 1 aromatic heterocycles. The van der Waals surface area contributed by atoms with Gasteiger partial charge >= 0.3 is 5.97 Å². The van der Waals surface area contributed by atoms with Crippen LogP contribution in [0.4, 0.5) is 0 Å². The van der Waals surface area contributed by atoms with E-state index in [0.29, 0.717) is 5.89 Å². The Labute approximate surface area is 116 Å². The largest absolute Gasteiger partial charge is 0.480 e. The fraction of sp³-hybridized carbons (Fsp3) is 0.182. The van der Waals surface area contributed by atoms with Gasteiger partial charge in [-0.1, -0.05) is 27.7 Å². The minimum atomic E-state index is -0.914. The van der Waals surface area contributed by atoms with Crippen LogP contribution < -0.4 is 0 Å². The van der Waals surface area contributed by atoms with E-state index in [1.165, 1.54) is 0 Å². The van der Waals surface area contributed by atoms with Crippen molar-refractivity contribution in [2.75, 3.05) is 0 Å². The van der Waals surface area contributed by atoms with Gasteiger partial charge in [0.05, 0.1) is 0 Å². The Hall–Kier alpha value is -1.34. The molecule has 94 valence electrons. The first kappa shape index (κ1) is 13.1. The van der Waals surface area contributed by atoms with Gasteiger partial charge in [0, 0.05) is 10.0 Å². The topological polar surface area (TPSA) is 76.2 Å². The summed E-state index contributed by atoms with van der Waals surface area (Å²) in [4.78, 5) is 10.7. The highest BCUT2D eigenvalue weighted by Gasteiger charge is 2.17. The van der Waals surface area contributed by atoms with E-state index in [0.717, 1.165) is 21.8 Å². The zero-order chi connectivity index (χ0) is 13.1. The lowest BCUT2D eigenvalue weighted by Crippen LogP contribution is -2.10. The SMILES string of the molecule is C[C@H](Sc1nnc(-c2ccc(Br)cc2)o1)C(=O)O. The third kappa shape index (κ3) is 3.11. The van der Waals surface area contributed by atoms with E-state index in [-0.39, 0.29) is 5.22 Å². The molecule has 0 saturated heterocycles. The molecule has 0 aliphatic rings. The van der Waals surface area contributed by atoms with Crippen molar-refractivity contribution in [3.8, 4) is 11.5 Å². The average molecular weight is 329 g/mol. The smallest absolute Gasteiger partial charge is 0.316 e. The predicted molar refractivity (Wildman–Crippen MR) is 70.4 cm³/mol. The van der Waals surface area contributed by atoms with Gasteiger partial charge in [-0.15, -0.1) is 10.2 Å². The van der Waals surface area contributed by atoms with Crippen molar-refractivity contribution in [2.24, 2.45) is 0 Å². The number of thioether (sulfide) groups is 1. The van der Waals surface area contributed by atoms with Crippen LogP contribution in [0.25, 0.3) is 11.5 Å². The van der Waals surface area contributed by atoms with E-state index in [1.807, 2.05) is 24.3 Å². The van der Waals surface area contributed by atoms with Crippen molar-refractivity contribution < 1.29 is 14.3 Å². The monoisotopic (exact) mass is 328 g/mol. The van der Waals surface area contributed by atoms with Crippen molar-refractivity contribution >= 4 is 33.7 Å². The fourth-order valence-electron chi connectivity index (χ4n) is 1.17. The molecule has 1 atom stereocenters. The molecule has 1 heterocycles. The Morgan fingerprint density at radius 2 is 2.06 bits per heavy atom. The van der Waals surface area contributed by atoms with Gasteiger partial charge in [0.15, 0.2) is 0 Å². The number of hydrogen-bond donors (Lipinski definition) is 1. The molecule has 0 amide bonds. The molecule has 0 unspecified atom stereocenters. The maximum atomic E-state index is 10.7. The van der Waals surface area contributed by atoms with Gasteiger partial charge in [-0.2, -0.15) is 0 Å². The number of hydrogen-bond acceptors (Lipinski definition) is 5. The molecule has 0 spiro atoms. The molecule has 2 aromatic rings. The Bertz CT molecular complexity index is 556. The Balaban J connectivity index is 2.15. The summed E-state index contributed by atoms with van der Waals surface area (Å²) in [6.07, 6.45) is 0. The third-order valence-electron chi connectivity index (χ3n) is 2.12. The molecule has 0 aliphatic carbocycles. The molecule has 0 saturated carbocycles. The van der Waals surface area contributed by atoms with Gasteiger partial charge in [0.1, 0.15) is 5.25 Å². The number of carboxylic acid groups (broad SMARTS) is 1. The van der Waals surface area contributed by atoms with Gasteiger partial charge in [-0.3, -0.25) is 4.79 Å². The molecule has 7 heteroatoms. The van der Waals surface area contributed by atoms with Crippen LogP contribution in [0.5, 0.6) is 0 Å². The van der Waals surface area contributed by atoms with E-state index in [2.05, 4.69) is 26.1 Å². The molecular weight excluding hydrogens is 320 g/mol. The number of carbonyl (C=O) groups is 1. The number of aromatic nitrogens is 2. The van der Waals surface area contributed by atoms with Crippen molar-refractivity contribution in [2.45, 2.75) is 17.4 Å². The summed E-state index contributed by atoms with van der Waals surface area (Å²) in [6, 6.07) is 7.41. The van der Waals surface area contributed by atoms with E-state index in [1.54, 1.807) is 6.92 Å². The van der Waals surface area contributed by atoms with Crippen LogP contribution >= 0.6 is 27.7 Å². The number of halogens is 1. The third-order valence-corrected chi connectivity index (χ3v) is 3.57. The highest BCUT2D eigenvalue weighted by Crippen LogP contribution is 2.26. The van der Waals surface area contributed by atoms with Crippen molar-refractivity contribution in [3.63, 3.8) is 0 Å². The minimum Gasteiger partial charge on any atom is -0.480 e. The van der Waals surface area contributed by atoms with E-state index in [4.69, 9.17) is 9.52 Å². The van der Waals surface area contributed by atoms with Crippen molar-refractivity contribution in [1.29, 1.82) is 0 Å². The first-order valence-electron chi connectivity index (χ1n) is 5.05. The summed E-state index contributed by atoms with van der Waals surface area (Å²) in [7, 11) is 0. The molecule has 0 aliphatic heterocycles. The summed E-state index contributed by atoms with van der Waals surface area (Å²) in [5.41, 5.74) is 0.792. The number of benzene rings is 1. The zero-order valence-electron chi connectivity index (χ0n) is 9.33. The predicted octanol–water partition coefficient (Wildman–Crippen LogP) is 3.06. The van der Waals surface area contributed by atoms with Crippen LogP contribution in [0.2, 0.25) is 0 Å². The molecule has 18 heavy (non-hydrogen) atoms. The number of nitrogens with zero attached hydrogens (tertiary/aromatic N) is 2. The minimum absolute atomic E-state index is 0.253. The van der Waals surface area contributed by atoms with Crippen LogP contribution in [0.15, 0.2) is 38.4 Å². The fourth-order valence-corrected chi connectivity index (χ4v) is 2.05. The Kier molecular flexibility index (Phi) is 4.03. The number of aliphatic carboxylic acids is 1. The quantitative estimate of drug-likeness (QED) is 0.869. The molecule has 5 nitrogen and oxygen atoms in total. The van der Waals surface area contributed by atoms with Crippen molar-refractivity contribution in [1.82, 2.24) is 10.2 Å². The van der Waals surface area contributed by atoms with Gasteiger partial charge in [0.2, 0.25) is 5.89 Å². The second-order valence-electron chi connectivity index (χ2n) is 3.48. The van der Waals surface area contributed by atoms with Gasteiger partial charge in [0.25, 0.3) is 5.22 Å². The summed E-state index contributed by atoms with van der Waals surface area (Å²) in [6.45, 7) is 1.57. The summed E-state index contributed by atoms with van der Waals surface area (Å²) < 4.78 is 6.35. The lowest BCUT2D eigenvalue weighted by atomic mass is 10.2. The lowest BCUT2D eigenvalue weighted by molar-refractivity contribution is -0.136. The maximum absolute atomic E-state index is 10.7. The van der Waals surface area contributed by atoms with Crippen LogP contribution in [0, 0.1) is 0 Å². The molecule has 0 radical (unpaired) electrons. The van der Waals surface area contributed by atoms with E-state index < -0.39 is 11.2 Å². The second kappa shape index (κ2) is 5.53. The molecule has 1 N–H and O–H groups in total. The first-order chi connectivity index (χ1) is 8.56. The Morgan fingerprint density at radius 1 is 1.39 bits per heavy atom. The van der Waals surface area contributed by atoms with Crippen LogP contribution in [-0.4, -0.2) is 26.5 Å². The molecule has 0 fully saturated rings. The standard InChI is InChI=1S/C11H9BrN2O3S/c1-6(10(15)16)18-11-14-13-9(17-11)7-2-4-8(12)5-3-7/h2-6H,1H3,(H,15,16)/t6-/m0/s1. The van der Waals surface area contributed by atoms with Crippen LogP contribution in [-0.2, 0) is 4.79 Å². The van der Waals surface area contributed by atoms with E-state index in [9.17, 15) is 4.79 Å². The van der Waals surface area contributed by atoms with Gasteiger partial charge < -0.3 is 9.52 Å². The summed E-state index contributed by atoms with van der Waals surface area (Å²) >= 11 is 4.36. The summed E-state index contributed by atoms with van der Waals surface area (Å²) in [5, 5.41) is 16.1. The van der Waals surface area contributed by atoms with Crippen LogP contribution in [0.1, 0.15) is 6.92 Å². The number of rotatable bonds is 4. The first-order valence-corrected chi connectivity index (χ1v) is 6.72.